The Bertz CT molecular complexity index is 634. The number of piperidine rings is 1. The summed E-state index contributed by atoms with van der Waals surface area (Å²) in [6, 6.07) is 8.26. The molecule has 0 aliphatic carbocycles. The van der Waals surface area contributed by atoms with Crippen LogP contribution in [-0.4, -0.2) is 39.3 Å². The molecule has 1 saturated heterocycles. The van der Waals surface area contributed by atoms with E-state index in [0.29, 0.717) is 0 Å². The standard InChI is InChI=1S/C18H23N3OS/c1-14-3-5-16(6-4-14)18(22)7-9-21(10-8-18)13-15-11-19-17(23-2)20-12-15/h3-6,11-12,22H,7-10,13H2,1-2H3. The molecule has 0 atom stereocenters. The Morgan fingerprint density at radius 2 is 1.74 bits per heavy atom. The first-order chi connectivity index (χ1) is 11.1. The predicted octanol–water partition coefficient (Wildman–Crippen LogP) is 2.99. The van der Waals surface area contributed by atoms with Crippen LogP contribution in [0.4, 0.5) is 0 Å². The molecule has 4 nitrogen and oxygen atoms in total. The van der Waals surface area contributed by atoms with Gasteiger partial charge in [-0.05, 0) is 31.6 Å². The fraction of sp³-hybridized carbons (Fsp3) is 0.444. The molecular weight excluding hydrogens is 306 g/mol. The molecule has 122 valence electrons. The van der Waals surface area contributed by atoms with E-state index in [4.69, 9.17) is 0 Å². The maximum absolute atomic E-state index is 10.9. The van der Waals surface area contributed by atoms with E-state index in [-0.39, 0.29) is 0 Å². The molecule has 2 heterocycles. The van der Waals surface area contributed by atoms with Gasteiger partial charge in [-0.15, -0.1) is 0 Å². The third-order valence-corrected chi connectivity index (χ3v) is 5.12. The van der Waals surface area contributed by atoms with Crippen molar-refractivity contribution in [3.05, 3.63) is 53.3 Å². The van der Waals surface area contributed by atoms with Gasteiger partial charge in [0.15, 0.2) is 5.16 Å². The topological polar surface area (TPSA) is 49.2 Å². The number of aromatic nitrogens is 2. The monoisotopic (exact) mass is 329 g/mol. The van der Waals surface area contributed by atoms with Gasteiger partial charge >= 0.3 is 0 Å². The maximum atomic E-state index is 10.9. The average molecular weight is 329 g/mol. The van der Waals surface area contributed by atoms with Gasteiger partial charge in [-0.25, -0.2) is 9.97 Å². The molecule has 1 aromatic carbocycles. The minimum absolute atomic E-state index is 0.691. The van der Waals surface area contributed by atoms with E-state index >= 15 is 0 Å². The van der Waals surface area contributed by atoms with Crippen LogP contribution < -0.4 is 0 Å². The van der Waals surface area contributed by atoms with Crippen LogP contribution in [0.15, 0.2) is 41.8 Å². The van der Waals surface area contributed by atoms with Crippen molar-refractivity contribution in [1.29, 1.82) is 0 Å². The van der Waals surface area contributed by atoms with Gasteiger partial charge in [-0.1, -0.05) is 41.6 Å². The molecule has 0 spiro atoms. The smallest absolute Gasteiger partial charge is 0.187 e. The predicted molar refractivity (Wildman–Crippen MR) is 93.4 cm³/mol. The van der Waals surface area contributed by atoms with E-state index in [1.165, 1.54) is 5.56 Å². The first-order valence-electron chi connectivity index (χ1n) is 7.96. The molecule has 3 rings (SSSR count). The molecule has 0 saturated carbocycles. The summed E-state index contributed by atoms with van der Waals surface area (Å²) in [6.07, 6.45) is 7.31. The molecule has 2 aromatic rings. The Kier molecular flexibility index (Phi) is 4.99. The zero-order valence-corrected chi connectivity index (χ0v) is 14.5. The summed E-state index contributed by atoms with van der Waals surface area (Å²) in [7, 11) is 0. The molecule has 23 heavy (non-hydrogen) atoms. The molecule has 0 bridgehead atoms. The molecular formula is C18H23N3OS. The second kappa shape index (κ2) is 6.99. The van der Waals surface area contributed by atoms with Crippen molar-refractivity contribution in [3.8, 4) is 0 Å². The van der Waals surface area contributed by atoms with Crippen LogP contribution in [0.3, 0.4) is 0 Å². The number of aryl methyl sites for hydroxylation is 1. The Labute approximate surface area is 142 Å². The third-order valence-electron chi connectivity index (χ3n) is 4.54. The molecule has 1 aromatic heterocycles. The molecule has 1 aliphatic rings. The van der Waals surface area contributed by atoms with Crippen molar-refractivity contribution in [2.24, 2.45) is 0 Å². The number of benzene rings is 1. The maximum Gasteiger partial charge on any atom is 0.187 e. The zero-order valence-electron chi connectivity index (χ0n) is 13.7. The summed E-state index contributed by atoms with van der Waals surface area (Å²) < 4.78 is 0. The highest BCUT2D eigenvalue weighted by Crippen LogP contribution is 2.33. The van der Waals surface area contributed by atoms with Crippen LogP contribution in [0.1, 0.15) is 29.5 Å². The Morgan fingerprint density at radius 1 is 1.13 bits per heavy atom. The van der Waals surface area contributed by atoms with E-state index in [1.54, 1.807) is 11.8 Å². The summed E-state index contributed by atoms with van der Waals surface area (Å²) in [5, 5.41) is 11.7. The van der Waals surface area contributed by atoms with Gasteiger partial charge in [-0.2, -0.15) is 0 Å². The number of hydrogen-bond acceptors (Lipinski definition) is 5. The molecule has 0 amide bonds. The molecule has 5 heteroatoms. The Hall–Kier alpha value is -1.43. The van der Waals surface area contributed by atoms with Crippen molar-refractivity contribution >= 4 is 11.8 Å². The van der Waals surface area contributed by atoms with E-state index < -0.39 is 5.60 Å². The highest BCUT2D eigenvalue weighted by Gasteiger charge is 2.33. The molecule has 0 radical (unpaired) electrons. The van der Waals surface area contributed by atoms with Crippen molar-refractivity contribution in [2.45, 2.75) is 37.1 Å². The van der Waals surface area contributed by atoms with E-state index in [2.05, 4.69) is 46.1 Å². The normalized spacial score (nSPS) is 18.0. The number of thioether (sulfide) groups is 1. The third kappa shape index (κ3) is 3.91. The van der Waals surface area contributed by atoms with Crippen LogP contribution in [0, 0.1) is 6.92 Å². The van der Waals surface area contributed by atoms with Gasteiger partial charge in [0, 0.05) is 37.6 Å². The lowest BCUT2D eigenvalue weighted by molar-refractivity contribution is -0.0277. The number of likely N-dealkylation sites (tertiary alicyclic amines) is 1. The summed E-state index contributed by atoms with van der Waals surface area (Å²) in [5.74, 6) is 0. The highest BCUT2D eigenvalue weighted by atomic mass is 32.2. The van der Waals surface area contributed by atoms with Crippen LogP contribution in [0.2, 0.25) is 0 Å². The minimum atomic E-state index is -0.691. The van der Waals surface area contributed by atoms with Crippen LogP contribution in [0.25, 0.3) is 0 Å². The van der Waals surface area contributed by atoms with E-state index in [9.17, 15) is 5.11 Å². The number of aliphatic hydroxyl groups is 1. The lowest BCUT2D eigenvalue weighted by atomic mass is 9.84. The fourth-order valence-electron chi connectivity index (χ4n) is 3.02. The number of hydrogen-bond donors (Lipinski definition) is 1. The van der Waals surface area contributed by atoms with Crippen LogP contribution in [-0.2, 0) is 12.1 Å². The van der Waals surface area contributed by atoms with Gasteiger partial charge in [-0.3, -0.25) is 4.90 Å². The van der Waals surface area contributed by atoms with Crippen LogP contribution >= 0.6 is 11.8 Å². The average Bonchev–Trinajstić information content (AvgIpc) is 2.58. The second-order valence-corrected chi connectivity index (χ2v) is 7.03. The molecule has 0 unspecified atom stereocenters. The van der Waals surface area contributed by atoms with Gasteiger partial charge in [0.2, 0.25) is 0 Å². The second-order valence-electron chi connectivity index (χ2n) is 6.25. The lowest BCUT2D eigenvalue weighted by Gasteiger charge is -2.38. The fourth-order valence-corrected chi connectivity index (χ4v) is 3.34. The summed E-state index contributed by atoms with van der Waals surface area (Å²) in [6.45, 7) is 4.68. The quantitative estimate of drug-likeness (QED) is 0.690. The van der Waals surface area contributed by atoms with Gasteiger partial charge in [0.05, 0.1) is 5.60 Å². The van der Waals surface area contributed by atoms with Crippen molar-refractivity contribution in [1.82, 2.24) is 14.9 Å². The van der Waals surface area contributed by atoms with Gasteiger partial charge < -0.3 is 5.11 Å². The van der Waals surface area contributed by atoms with E-state index in [1.807, 2.05) is 18.6 Å². The Morgan fingerprint density at radius 3 is 2.30 bits per heavy atom. The van der Waals surface area contributed by atoms with Crippen LogP contribution in [0.5, 0.6) is 0 Å². The molecule has 1 fully saturated rings. The SMILES string of the molecule is CSc1ncc(CN2CCC(O)(c3ccc(C)cc3)CC2)cn1. The molecule has 1 N–H and O–H groups in total. The first-order valence-corrected chi connectivity index (χ1v) is 9.18. The Balaban J connectivity index is 1.60. The summed E-state index contributed by atoms with van der Waals surface area (Å²) in [4.78, 5) is 11.0. The number of nitrogens with zero attached hydrogens (tertiary/aromatic N) is 3. The van der Waals surface area contributed by atoms with Crippen molar-refractivity contribution in [3.63, 3.8) is 0 Å². The first kappa shape index (κ1) is 16.4. The lowest BCUT2D eigenvalue weighted by Crippen LogP contribution is -2.42. The van der Waals surface area contributed by atoms with E-state index in [0.717, 1.165) is 48.8 Å². The summed E-state index contributed by atoms with van der Waals surface area (Å²) in [5.41, 5.74) is 2.70. The van der Waals surface area contributed by atoms with Gasteiger partial charge in [0.1, 0.15) is 0 Å². The molecule has 1 aliphatic heterocycles. The zero-order chi connectivity index (χ0) is 16.3. The number of rotatable bonds is 4. The minimum Gasteiger partial charge on any atom is -0.385 e. The van der Waals surface area contributed by atoms with Crippen molar-refractivity contribution < 1.29 is 5.11 Å². The largest absolute Gasteiger partial charge is 0.385 e. The highest BCUT2D eigenvalue weighted by molar-refractivity contribution is 7.98. The van der Waals surface area contributed by atoms with Crippen molar-refractivity contribution in [2.75, 3.05) is 19.3 Å². The van der Waals surface area contributed by atoms with Gasteiger partial charge in [0.25, 0.3) is 0 Å². The summed E-state index contributed by atoms with van der Waals surface area (Å²) >= 11 is 1.55.